The Balaban J connectivity index is 1.60. The maximum Gasteiger partial charge on any atom is 0.344 e. The van der Waals surface area contributed by atoms with Crippen molar-refractivity contribution in [1.82, 2.24) is 9.66 Å². The van der Waals surface area contributed by atoms with Crippen LogP contribution in [0.15, 0.2) is 52.4 Å². The van der Waals surface area contributed by atoms with Gasteiger partial charge in [0.15, 0.2) is 6.61 Å². The van der Waals surface area contributed by atoms with Gasteiger partial charge in [-0.2, -0.15) is 9.78 Å². The fourth-order valence-corrected chi connectivity index (χ4v) is 4.85. The van der Waals surface area contributed by atoms with Gasteiger partial charge >= 0.3 is 5.97 Å². The maximum absolute atomic E-state index is 13.3. The lowest BCUT2D eigenvalue weighted by Gasteiger charge is -2.22. The minimum atomic E-state index is -0.408. The van der Waals surface area contributed by atoms with Crippen LogP contribution in [-0.4, -0.2) is 34.6 Å². The number of nitrogens with zero attached hydrogens (tertiary/aromatic N) is 3. The summed E-state index contributed by atoms with van der Waals surface area (Å²) < 4.78 is 13.0. The van der Waals surface area contributed by atoms with Crippen LogP contribution in [0.25, 0.3) is 10.9 Å². The molecule has 0 radical (unpaired) electrons. The molecule has 1 aromatic heterocycles. The van der Waals surface area contributed by atoms with Gasteiger partial charge in [0.1, 0.15) is 11.6 Å². The highest BCUT2D eigenvalue weighted by Crippen LogP contribution is 2.31. The summed E-state index contributed by atoms with van der Waals surface area (Å²) in [7, 11) is 0. The van der Waals surface area contributed by atoms with Crippen molar-refractivity contribution in [2.45, 2.75) is 58.0 Å². The van der Waals surface area contributed by atoms with Gasteiger partial charge in [0, 0.05) is 5.92 Å². The number of rotatable bonds is 7. The zero-order valence-corrected chi connectivity index (χ0v) is 21.5. The van der Waals surface area contributed by atoms with E-state index in [9.17, 15) is 9.59 Å². The second-order valence-electron chi connectivity index (χ2n) is 8.70. The number of para-hydroxylation sites is 1. The minimum Gasteiger partial charge on any atom is -0.481 e. The van der Waals surface area contributed by atoms with E-state index in [2.05, 4.69) is 27.7 Å². The van der Waals surface area contributed by atoms with Gasteiger partial charge in [-0.15, -0.1) is 0 Å². The highest BCUT2D eigenvalue weighted by atomic mass is 127. The van der Waals surface area contributed by atoms with E-state index in [1.165, 1.54) is 11.1 Å². The molecule has 1 saturated carbocycles. The largest absolute Gasteiger partial charge is 0.481 e. The quantitative estimate of drug-likeness (QED) is 0.219. The predicted octanol–water partition coefficient (Wildman–Crippen LogP) is 5.26. The summed E-state index contributed by atoms with van der Waals surface area (Å²) in [5.41, 5.74) is 1.38. The second-order valence-corrected chi connectivity index (χ2v) is 9.86. The molecule has 0 amide bonds. The van der Waals surface area contributed by atoms with Gasteiger partial charge in [0.25, 0.3) is 5.56 Å². The number of benzene rings is 2. The molecule has 1 aliphatic rings. The van der Waals surface area contributed by atoms with Gasteiger partial charge in [0.05, 0.1) is 26.8 Å². The molecule has 4 rings (SSSR count). The Morgan fingerprint density at radius 1 is 1.21 bits per heavy atom. The average Bonchev–Trinajstić information content (AvgIpc) is 2.83. The Hall–Kier alpha value is -2.75. The molecule has 34 heavy (non-hydrogen) atoms. The first kappa shape index (κ1) is 24.4. The first-order valence-corrected chi connectivity index (χ1v) is 12.7. The zero-order valence-electron chi connectivity index (χ0n) is 19.4. The minimum absolute atomic E-state index is 0.148. The molecule has 1 aliphatic carbocycles. The Labute approximate surface area is 212 Å². The molecule has 1 fully saturated rings. The molecule has 2 aromatic carbocycles. The zero-order chi connectivity index (χ0) is 24.1. The molecule has 178 valence electrons. The predicted molar refractivity (Wildman–Crippen MR) is 141 cm³/mol. The summed E-state index contributed by atoms with van der Waals surface area (Å²) in [6, 6.07) is 12.9. The van der Waals surface area contributed by atoms with E-state index in [-0.39, 0.29) is 24.2 Å². The van der Waals surface area contributed by atoms with Gasteiger partial charge in [-0.3, -0.25) is 4.79 Å². The number of ether oxygens (including phenoxy) is 2. The number of carbonyl (C=O) groups excluding carboxylic acids is 1. The Morgan fingerprint density at radius 2 is 1.97 bits per heavy atom. The standard InChI is InChI=1S/C26H28IN3O4/c1-17(2)34-24(31)16-33-23-13-12-18(14-21(23)27)15-28-30-25(19-8-4-3-5-9-19)29-22-11-7-6-10-20(22)26(30)32/h6-7,10-15,17,19H,3-5,8-9,16H2,1-2H3. The van der Waals surface area contributed by atoms with Gasteiger partial charge in [-0.1, -0.05) is 31.4 Å². The van der Waals surface area contributed by atoms with Crippen LogP contribution in [-0.2, 0) is 9.53 Å². The van der Waals surface area contributed by atoms with Crippen molar-refractivity contribution in [1.29, 1.82) is 0 Å². The third-order valence-electron chi connectivity index (χ3n) is 5.74. The number of carbonyl (C=O) groups is 1. The second kappa shape index (κ2) is 11.1. The van der Waals surface area contributed by atoms with Crippen LogP contribution in [0.2, 0.25) is 0 Å². The van der Waals surface area contributed by atoms with E-state index in [0.29, 0.717) is 16.7 Å². The Kier molecular flexibility index (Phi) is 7.97. The van der Waals surface area contributed by atoms with E-state index in [0.717, 1.165) is 40.6 Å². The lowest BCUT2D eigenvalue weighted by atomic mass is 9.88. The van der Waals surface area contributed by atoms with Crippen molar-refractivity contribution >= 4 is 45.7 Å². The van der Waals surface area contributed by atoms with Crippen molar-refractivity contribution in [2.75, 3.05) is 6.61 Å². The molecule has 0 unspecified atom stereocenters. The molecule has 8 heteroatoms. The van der Waals surface area contributed by atoms with E-state index in [4.69, 9.17) is 14.5 Å². The van der Waals surface area contributed by atoms with Crippen molar-refractivity contribution in [3.8, 4) is 5.75 Å². The molecule has 7 nitrogen and oxygen atoms in total. The van der Waals surface area contributed by atoms with Crippen LogP contribution >= 0.6 is 22.6 Å². The highest BCUT2D eigenvalue weighted by Gasteiger charge is 2.22. The van der Waals surface area contributed by atoms with Crippen molar-refractivity contribution in [2.24, 2.45) is 5.10 Å². The molecule has 0 N–H and O–H groups in total. The summed E-state index contributed by atoms with van der Waals surface area (Å²) in [6.07, 6.45) is 7.03. The molecule has 0 aliphatic heterocycles. The first-order valence-electron chi connectivity index (χ1n) is 11.6. The van der Waals surface area contributed by atoms with Crippen LogP contribution in [0.1, 0.15) is 63.3 Å². The van der Waals surface area contributed by atoms with E-state index >= 15 is 0 Å². The number of fused-ring (bicyclic) bond motifs is 1. The number of hydrogen-bond donors (Lipinski definition) is 0. The number of hydrogen-bond acceptors (Lipinski definition) is 6. The summed E-state index contributed by atoms with van der Waals surface area (Å²) >= 11 is 2.15. The SMILES string of the molecule is CC(C)OC(=O)COc1ccc(C=Nn2c(C3CCCCC3)nc3ccccc3c2=O)cc1I. The molecule has 0 atom stereocenters. The smallest absolute Gasteiger partial charge is 0.344 e. The van der Waals surface area contributed by atoms with Crippen LogP contribution in [0.3, 0.4) is 0 Å². The van der Waals surface area contributed by atoms with Crippen molar-refractivity contribution in [3.05, 3.63) is 67.8 Å². The topological polar surface area (TPSA) is 82.8 Å². The molecule has 0 bridgehead atoms. The molecular weight excluding hydrogens is 545 g/mol. The fourth-order valence-electron chi connectivity index (χ4n) is 4.15. The monoisotopic (exact) mass is 573 g/mol. The van der Waals surface area contributed by atoms with Crippen LogP contribution in [0.4, 0.5) is 0 Å². The summed E-state index contributed by atoms with van der Waals surface area (Å²) in [6.45, 7) is 3.45. The van der Waals surface area contributed by atoms with Crippen LogP contribution in [0.5, 0.6) is 5.75 Å². The number of halogens is 1. The molecule has 0 spiro atoms. The first-order chi connectivity index (χ1) is 16.4. The third-order valence-corrected chi connectivity index (χ3v) is 6.58. The van der Waals surface area contributed by atoms with Crippen molar-refractivity contribution in [3.63, 3.8) is 0 Å². The van der Waals surface area contributed by atoms with Gasteiger partial charge < -0.3 is 9.47 Å². The van der Waals surface area contributed by atoms with E-state index < -0.39 is 5.97 Å². The fraction of sp³-hybridized carbons (Fsp3) is 0.385. The maximum atomic E-state index is 13.3. The summed E-state index contributed by atoms with van der Waals surface area (Å²) in [5.74, 6) is 1.14. The molecule has 0 saturated heterocycles. The molecule has 1 heterocycles. The third kappa shape index (κ3) is 5.84. The summed E-state index contributed by atoms with van der Waals surface area (Å²) in [4.78, 5) is 29.9. The highest BCUT2D eigenvalue weighted by molar-refractivity contribution is 14.1. The van der Waals surface area contributed by atoms with E-state index in [1.807, 2.05) is 30.3 Å². The van der Waals surface area contributed by atoms with Crippen LogP contribution in [0, 0.1) is 3.57 Å². The van der Waals surface area contributed by atoms with E-state index in [1.54, 1.807) is 32.2 Å². The lowest BCUT2D eigenvalue weighted by Crippen LogP contribution is -2.25. The van der Waals surface area contributed by atoms with Gasteiger partial charge in [0.2, 0.25) is 0 Å². The average molecular weight is 573 g/mol. The van der Waals surface area contributed by atoms with Gasteiger partial charge in [-0.25, -0.2) is 9.78 Å². The summed E-state index contributed by atoms with van der Waals surface area (Å²) in [5, 5.41) is 5.14. The van der Waals surface area contributed by atoms with Crippen molar-refractivity contribution < 1.29 is 14.3 Å². The Bertz CT molecular complexity index is 1260. The molecular formula is C26H28IN3O4. The normalized spacial score (nSPS) is 14.7. The lowest BCUT2D eigenvalue weighted by molar-refractivity contribution is -0.149. The van der Waals surface area contributed by atoms with Crippen LogP contribution < -0.4 is 10.3 Å². The number of esters is 1. The number of aromatic nitrogens is 2. The van der Waals surface area contributed by atoms with Gasteiger partial charge in [-0.05, 0) is 85.2 Å². The molecule has 3 aromatic rings. The Morgan fingerprint density at radius 3 is 2.71 bits per heavy atom.